The third kappa shape index (κ3) is 1.94. The van der Waals surface area contributed by atoms with E-state index in [1.54, 1.807) is 7.11 Å². The summed E-state index contributed by atoms with van der Waals surface area (Å²) >= 11 is 6.03. The highest BCUT2D eigenvalue weighted by Gasteiger charge is 2.13. The van der Waals surface area contributed by atoms with Crippen LogP contribution in [0.1, 0.15) is 5.56 Å². The van der Waals surface area contributed by atoms with E-state index in [2.05, 4.69) is 10.2 Å². The number of nitrogens with zero attached hydrogens (tertiary/aromatic N) is 3. The monoisotopic (exact) mass is 273 g/mol. The summed E-state index contributed by atoms with van der Waals surface area (Å²) in [5.41, 5.74) is 2.85. The molecule has 3 aromatic rings. The molecule has 0 unspecified atom stereocenters. The molecule has 2 heterocycles. The van der Waals surface area contributed by atoms with Crippen molar-refractivity contribution in [1.82, 2.24) is 14.6 Å². The fourth-order valence-electron chi connectivity index (χ4n) is 2.09. The first kappa shape index (κ1) is 12.0. The van der Waals surface area contributed by atoms with E-state index >= 15 is 0 Å². The van der Waals surface area contributed by atoms with Crippen molar-refractivity contribution in [3.8, 4) is 17.1 Å². The molecule has 0 aliphatic rings. The van der Waals surface area contributed by atoms with Crippen molar-refractivity contribution in [3.05, 3.63) is 47.2 Å². The molecule has 0 radical (unpaired) electrons. The lowest BCUT2D eigenvalue weighted by atomic mass is 10.1. The molecule has 0 saturated heterocycles. The molecule has 5 heteroatoms. The molecule has 2 aromatic heterocycles. The van der Waals surface area contributed by atoms with Crippen LogP contribution in [0.4, 0.5) is 0 Å². The third-order valence-corrected chi connectivity index (χ3v) is 3.29. The first-order valence-corrected chi connectivity index (χ1v) is 6.23. The molecule has 3 rings (SSSR count). The SMILES string of the molecule is COc1cc(C)ccc1-c1nnc(Cl)c2cccn12. The van der Waals surface area contributed by atoms with Gasteiger partial charge in [-0.1, -0.05) is 17.7 Å². The molecule has 0 saturated carbocycles. The van der Waals surface area contributed by atoms with Crippen molar-refractivity contribution in [3.63, 3.8) is 0 Å². The minimum atomic E-state index is 0.389. The van der Waals surface area contributed by atoms with Gasteiger partial charge in [-0.15, -0.1) is 10.2 Å². The fourth-order valence-corrected chi connectivity index (χ4v) is 2.28. The first-order chi connectivity index (χ1) is 9.20. The number of fused-ring (bicyclic) bond motifs is 1. The zero-order valence-corrected chi connectivity index (χ0v) is 11.3. The predicted octanol–water partition coefficient (Wildman–Crippen LogP) is 3.37. The number of aryl methyl sites for hydroxylation is 1. The van der Waals surface area contributed by atoms with Gasteiger partial charge in [0.05, 0.1) is 18.2 Å². The first-order valence-electron chi connectivity index (χ1n) is 5.85. The minimum Gasteiger partial charge on any atom is -0.496 e. The van der Waals surface area contributed by atoms with Crippen LogP contribution in [0.3, 0.4) is 0 Å². The van der Waals surface area contributed by atoms with Crippen LogP contribution in [-0.2, 0) is 0 Å². The zero-order valence-electron chi connectivity index (χ0n) is 10.6. The highest BCUT2D eigenvalue weighted by Crippen LogP contribution is 2.30. The number of rotatable bonds is 2. The molecule has 0 fully saturated rings. The fraction of sp³-hybridized carbons (Fsp3) is 0.143. The van der Waals surface area contributed by atoms with Gasteiger partial charge in [0, 0.05) is 6.20 Å². The smallest absolute Gasteiger partial charge is 0.175 e. The number of hydrogen-bond donors (Lipinski definition) is 0. The number of halogens is 1. The predicted molar refractivity (Wildman–Crippen MR) is 74.7 cm³/mol. The van der Waals surface area contributed by atoms with E-state index in [9.17, 15) is 0 Å². The van der Waals surface area contributed by atoms with E-state index in [4.69, 9.17) is 16.3 Å². The summed E-state index contributed by atoms with van der Waals surface area (Å²) in [6, 6.07) is 9.78. The third-order valence-electron chi connectivity index (χ3n) is 3.02. The van der Waals surface area contributed by atoms with Crippen molar-refractivity contribution < 1.29 is 4.74 Å². The van der Waals surface area contributed by atoms with Gasteiger partial charge in [-0.25, -0.2) is 0 Å². The van der Waals surface area contributed by atoms with Gasteiger partial charge in [-0.2, -0.15) is 0 Å². The summed E-state index contributed by atoms with van der Waals surface area (Å²) in [6.45, 7) is 2.02. The highest BCUT2D eigenvalue weighted by atomic mass is 35.5. The van der Waals surface area contributed by atoms with E-state index < -0.39 is 0 Å². The van der Waals surface area contributed by atoms with E-state index in [-0.39, 0.29) is 0 Å². The summed E-state index contributed by atoms with van der Waals surface area (Å²) in [7, 11) is 1.65. The van der Waals surface area contributed by atoms with Crippen LogP contribution in [0.5, 0.6) is 5.75 Å². The van der Waals surface area contributed by atoms with Gasteiger partial charge in [-0.3, -0.25) is 4.40 Å². The Morgan fingerprint density at radius 3 is 2.84 bits per heavy atom. The van der Waals surface area contributed by atoms with E-state index in [1.165, 1.54) is 0 Å². The minimum absolute atomic E-state index is 0.389. The highest BCUT2D eigenvalue weighted by molar-refractivity contribution is 6.32. The Bertz CT molecular complexity index is 752. The van der Waals surface area contributed by atoms with Gasteiger partial charge >= 0.3 is 0 Å². The largest absolute Gasteiger partial charge is 0.496 e. The standard InChI is InChI=1S/C14H12ClN3O/c1-9-5-6-10(12(8-9)19-2)14-17-16-13(15)11-4-3-7-18(11)14/h3-8H,1-2H3. The maximum Gasteiger partial charge on any atom is 0.175 e. The molecule has 1 aromatic carbocycles. The van der Waals surface area contributed by atoms with Crippen LogP contribution in [-0.4, -0.2) is 21.7 Å². The Labute approximate surface area is 115 Å². The normalized spacial score (nSPS) is 10.9. The Hall–Kier alpha value is -2.07. The molecule has 96 valence electrons. The van der Waals surface area contributed by atoms with Crippen molar-refractivity contribution in [1.29, 1.82) is 0 Å². The van der Waals surface area contributed by atoms with Crippen LogP contribution < -0.4 is 4.74 Å². The van der Waals surface area contributed by atoms with Gasteiger partial charge in [0.15, 0.2) is 11.0 Å². The second-order valence-electron chi connectivity index (χ2n) is 4.28. The van der Waals surface area contributed by atoms with Gasteiger partial charge in [0.2, 0.25) is 0 Å². The molecule has 0 N–H and O–H groups in total. The summed E-state index contributed by atoms with van der Waals surface area (Å²) < 4.78 is 7.33. The van der Waals surface area contributed by atoms with Crippen molar-refractivity contribution in [2.75, 3.05) is 7.11 Å². The van der Waals surface area contributed by atoms with E-state index in [0.29, 0.717) is 11.0 Å². The number of methoxy groups -OCH3 is 1. The molecule has 0 spiro atoms. The molecule has 0 aliphatic carbocycles. The molecular formula is C14H12ClN3O. The van der Waals surface area contributed by atoms with Gasteiger partial charge < -0.3 is 4.74 Å². The second-order valence-corrected chi connectivity index (χ2v) is 4.64. The second kappa shape index (κ2) is 4.55. The Morgan fingerprint density at radius 2 is 2.05 bits per heavy atom. The van der Waals surface area contributed by atoms with Crippen LogP contribution in [0, 0.1) is 6.92 Å². The topological polar surface area (TPSA) is 39.4 Å². The van der Waals surface area contributed by atoms with Crippen molar-refractivity contribution in [2.45, 2.75) is 6.92 Å². The average Bonchev–Trinajstić information content (AvgIpc) is 2.90. The van der Waals surface area contributed by atoms with Gasteiger partial charge in [0.1, 0.15) is 5.75 Å². The van der Waals surface area contributed by atoms with E-state index in [0.717, 1.165) is 22.4 Å². The molecule has 19 heavy (non-hydrogen) atoms. The van der Waals surface area contributed by atoms with Crippen LogP contribution in [0.15, 0.2) is 36.5 Å². The molecule has 4 nitrogen and oxygen atoms in total. The summed E-state index contributed by atoms with van der Waals surface area (Å²) in [4.78, 5) is 0. The molecule has 0 amide bonds. The Morgan fingerprint density at radius 1 is 1.21 bits per heavy atom. The Balaban J connectivity index is 2.30. The lowest BCUT2D eigenvalue weighted by Crippen LogP contribution is -2.00. The molecule has 0 aliphatic heterocycles. The van der Waals surface area contributed by atoms with Crippen molar-refractivity contribution >= 4 is 17.1 Å². The van der Waals surface area contributed by atoms with Crippen LogP contribution in [0.2, 0.25) is 5.15 Å². The summed E-state index contributed by atoms with van der Waals surface area (Å²) in [5, 5.41) is 8.57. The maximum absolute atomic E-state index is 6.03. The van der Waals surface area contributed by atoms with Crippen molar-refractivity contribution in [2.24, 2.45) is 0 Å². The number of benzene rings is 1. The molecular weight excluding hydrogens is 262 g/mol. The van der Waals surface area contributed by atoms with Gasteiger partial charge in [0.25, 0.3) is 0 Å². The van der Waals surface area contributed by atoms with Crippen LogP contribution in [0.25, 0.3) is 16.9 Å². The average molecular weight is 274 g/mol. The number of ether oxygens (including phenoxy) is 1. The Kier molecular flexibility index (Phi) is 2.87. The lowest BCUT2D eigenvalue weighted by molar-refractivity contribution is 0.415. The molecule has 0 atom stereocenters. The maximum atomic E-state index is 6.03. The molecule has 0 bridgehead atoms. The number of hydrogen-bond acceptors (Lipinski definition) is 3. The quantitative estimate of drug-likeness (QED) is 0.719. The summed E-state index contributed by atoms with van der Waals surface area (Å²) in [6.07, 6.45) is 1.91. The zero-order chi connectivity index (χ0) is 13.4. The van der Waals surface area contributed by atoms with Crippen LogP contribution >= 0.6 is 11.6 Å². The van der Waals surface area contributed by atoms with Gasteiger partial charge in [-0.05, 0) is 36.8 Å². The van der Waals surface area contributed by atoms with E-state index in [1.807, 2.05) is 47.9 Å². The number of aromatic nitrogens is 3. The lowest BCUT2D eigenvalue weighted by Gasteiger charge is -2.10. The summed E-state index contributed by atoms with van der Waals surface area (Å²) in [5.74, 6) is 1.48.